The van der Waals surface area contributed by atoms with Crippen LogP contribution in [0.3, 0.4) is 0 Å². The van der Waals surface area contributed by atoms with Gasteiger partial charge in [-0.3, -0.25) is 0 Å². The van der Waals surface area contributed by atoms with E-state index in [2.05, 4.69) is 34.6 Å². The smallest absolute Gasteiger partial charge is 0.148 e. The zero-order chi connectivity index (χ0) is 14.6. The highest BCUT2D eigenvalue weighted by Crippen LogP contribution is 2.33. The van der Waals surface area contributed by atoms with Crippen molar-refractivity contribution in [2.75, 3.05) is 17.3 Å². The topological polar surface area (TPSA) is 85.1 Å². The van der Waals surface area contributed by atoms with Crippen molar-refractivity contribution in [3.8, 4) is 0 Å². The minimum absolute atomic E-state index is 0.00575. The minimum Gasteiger partial charge on any atom is -0.375 e. The van der Waals surface area contributed by atoms with Gasteiger partial charge in [0, 0.05) is 18.2 Å². The van der Waals surface area contributed by atoms with Crippen molar-refractivity contribution in [3.63, 3.8) is 0 Å². The second-order valence-electron chi connectivity index (χ2n) is 5.41. The molecule has 0 radical (unpaired) electrons. The van der Waals surface area contributed by atoms with Gasteiger partial charge in [-0.2, -0.15) is 0 Å². The summed E-state index contributed by atoms with van der Waals surface area (Å²) in [6.45, 7) is 7.14. The van der Waals surface area contributed by atoms with E-state index in [4.69, 9.17) is 10.6 Å². The van der Waals surface area contributed by atoms with Crippen molar-refractivity contribution in [2.24, 2.45) is 5.84 Å². The van der Waals surface area contributed by atoms with Crippen molar-refractivity contribution < 1.29 is 4.74 Å². The summed E-state index contributed by atoms with van der Waals surface area (Å²) in [7, 11) is 0. The van der Waals surface area contributed by atoms with E-state index in [1.807, 2.05) is 6.92 Å². The predicted octanol–water partition coefficient (Wildman–Crippen LogP) is 2.22. The lowest BCUT2D eigenvalue weighted by molar-refractivity contribution is -0.0864. The van der Waals surface area contributed by atoms with Crippen LogP contribution in [0.25, 0.3) is 0 Å². The number of anilines is 2. The first kappa shape index (κ1) is 15.0. The fraction of sp³-hybridized carbons (Fsp3) is 0.714. The first-order valence-electron chi connectivity index (χ1n) is 7.33. The number of nitrogens with one attached hydrogen (secondary N) is 2. The van der Waals surface area contributed by atoms with Gasteiger partial charge in [-0.05, 0) is 32.6 Å². The molecular weight excluding hydrogens is 254 g/mol. The number of aromatic nitrogens is 2. The van der Waals surface area contributed by atoms with Crippen LogP contribution in [0, 0.1) is 6.92 Å². The lowest BCUT2D eigenvalue weighted by Crippen LogP contribution is -2.43. The molecule has 0 aromatic carbocycles. The second kappa shape index (κ2) is 6.37. The van der Waals surface area contributed by atoms with Crippen LogP contribution in [0.2, 0.25) is 0 Å². The van der Waals surface area contributed by atoms with Crippen LogP contribution in [-0.4, -0.2) is 28.2 Å². The van der Waals surface area contributed by atoms with Crippen molar-refractivity contribution >= 4 is 11.6 Å². The minimum atomic E-state index is 0.00575. The molecule has 1 aliphatic rings. The van der Waals surface area contributed by atoms with Crippen LogP contribution in [0.15, 0.2) is 6.33 Å². The number of hydrogen-bond donors (Lipinski definition) is 3. The number of nitrogen functional groups attached to an aromatic ring is 1. The molecule has 1 saturated heterocycles. The maximum absolute atomic E-state index is 6.00. The third-order valence-corrected chi connectivity index (χ3v) is 4.34. The third kappa shape index (κ3) is 3.02. The fourth-order valence-corrected chi connectivity index (χ4v) is 2.83. The molecule has 0 aliphatic carbocycles. The third-order valence-electron chi connectivity index (χ3n) is 4.34. The Kier molecular flexibility index (Phi) is 4.77. The molecule has 1 aromatic heterocycles. The van der Waals surface area contributed by atoms with Crippen molar-refractivity contribution in [1.29, 1.82) is 0 Å². The molecule has 2 heterocycles. The molecule has 4 N–H and O–H groups in total. The molecule has 112 valence electrons. The number of hydrogen-bond acceptors (Lipinski definition) is 6. The van der Waals surface area contributed by atoms with E-state index in [1.165, 1.54) is 6.33 Å². The van der Waals surface area contributed by atoms with Crippen molar-refractivity contribution in [2.45, 2.75) is 58.1 Å². The van der Waals surface area contributed by atoms with Crippen LogP contribution >= 0.6 is 0 Å². The van der Waals surface area contributed by atoms with E-state index >= 15 is 0 Å². The molecule has 2 rings (SSSR count). The van der Waals surface area contributed by atoms with Crippen molar-refractivity contribution in [3.05, 3.63) is 11.9 Å². The molecule has 1 aliphatic heterocycles. The van der Waals surface area contributed by atoms with E-state index in [9.17, 15) is 0 Å². The molecule has 1 atom stereocenters. The summed E-state index contributed by atoms with van der Waals surface area (Å²) in [4.78, 5) is 8.42. The van der Waals surface area contributed by atoms with Gasteiger partial charge in [0.25, 0.3) is 0 Å². The zero-order valence-corrected chi connectivity index (χ0v) is 12.6. The number of ether oxygens (including phenoxy) is 1. The Bertz CT molecular complexity index is 447. The average Bonchev–Trinajstić information content (AvgIpc) is 2.49. The molecular formula is C14H25N5O. The van der Waals surface area contributed by atoms with Gasteiger partial charge in [0.2, 0.25) is 0 Å². The molecule has 1 fully saturated rings. The lowest BCUT2D eigenvalue weighted by Gasteiger charge is -2.40. The first-order valence-corrected chi connectivity index (χ1v) is 7.33. The highest BCUT2D eigenvalue weighted by atomic mass is 16.5. The van der Waals surface area contributed by atoms with Gasteiger partial charge in [-0.1, -0.05) is 13.8 Å². The number of nitrogens with zero attached hydrogens (tertiary/aromatic N) is 2. The summed E-state index contributed by atoms with van der Waals surface area (Å²) < 4.78 is 6.00. The molecule has 20 heavy (non-hydrogen) atoms. The zero-order valence-electron chi connectivity index (χ0n) is 12.6. The van der Waals surface area contributed by atoms with E-state index in [0.29, 0.717) is 11.9 Å². The molecule has 6 nitrogen and oxygen atoms in total. The number of nitrogens with two attached hydrogens (primary N) is 1. The van der Waals surface area contributed by atoms with E-state index < -0.39 is 0 Å². The summed E-state index contributed by atoms with van der Waals surface area (Å²) in [6, 6.07) is 0.378. The molecule has 0 saturated carbocycles. The normalized spacial score (nSPS) is 21.5. The van der Waals surface area contributed by atoms with Gasteiger partial charge in [0.15, 0.2) is 0 Å². The van der Waals surface area contributed by atoms with Gasteiger partial charge in [0.1, 0.15) is 18.0 Å². The molecule has 1 aromatic rings. The Hall–Kier alpha value is -1.40. The standard InChI is InChI=1S/C14H25N5O/c1-4-14(5-2)8-11(6-7-20-14)18-12-10(3)13(19-15)17-9-16-12/h9,11H,4-8,15H2,1-3H3,(H2,16,17,18,19). The summed E-state index contributed by atoms with van der Waals surface area (Å²) in [5.74, 6) is 6.96. The summed E-state index contributed by atoms with van der Waals surface area (Å²) in [5, 5.41) is 3.52. The Balaban J connectivity index is 2.10. The second-order valence-corrected chi connectivity index (χ2v) is 5.41. The van der Waals surface area contributed by atoms with Gasteiger partial charge >= 0.3 is 0 Å². The highest BCUT2D eigenvalue weighted by Gasteiger charge is 2.34. The van der Waals surface area contributed by atoms with E-state index in [-0.39, 0.29) is 5.60 Å². The van der Waals surface area contributed by atoms with Crippen LogP contribution < -0.4 is 16.6 Å². The van der Waals surface area contributed by atoms with Crippen LogP contribution in [0.4, 0.5) is 11.6 Å². The lowest BCUT2D eigenvalue weighted by atomic mass is 9.86. The van der Waals surface area contributed by atoms with Gasteiger partial charge in [0.05, 0.1) is 5.60 Å². The van der Waals surface area contributed by atoms with Gasteiger partial charge < -0.3 is 15.5 Å². The van der Waals surface area contributed by atoms with Crippen molar-refractivity contribution in [1.82, 2.24) is 9.97 Å². The fourth-order valence-electron chi connectivity index (χ4n) is 2.83. The first-order chi connectivity index (χ1) is 9.64. The quantitative estimate of drug-likeness (QED) is 0.566. The highest BCUT2D eigenvalue weighted by molar-refractivity contribution is 5.56. The summed E-state index contributed by atoms with van der Waals surface area (Å²) in [6.07, 6.45) is 5.61. The molecule has 0 bridgehead atoms. The molecule has 6 heteroatoms. The molecule has 1 unspecified atom stereocenters. The number of hydrazine groups is 1. The Morgan fingerprint density at radius 1 is 1.35 bits per heavy atom. The van der Waals surface area contributed by atoms with E-state index in [1.54, 1.807) is 0 Å². The van der Waals surface area contributed by atoms with Gasteiger partial charge in [-0.15, -0.1) is 0 Å². The number of rotatable bonds is 5. The average molecular weight is 279 g/mol. The largest absolute Gasteiger partial charge is 0.375 e. The van der Waals surface area contributed by atoms with Crippen LogP contribution in [0.5, 0.6) is 0 Å². The van der Waals surface area contributed by atoms with Crippen LogP contribution in [-0.2, 0) is 4.74 Å². The maximum atomic E-state index is 6.00. The Morgan fingerprint density at radius 3 is 2.70 bits per heavy atom. The van der Waals surface area contributed by atoms with Crippen LogP contribution in [0.1, 0.15) is 45.1 Å². The monoisotopic (exact) mass is 279 g/mol. The predicted molar refractivity (Wildman–Crippen MR) is 80.5 cm³/mol. The van der Waals surface area contributed by atoms with Gasteiger partial charge in [-0.25, -0.2) is 15.8 Å². The maximum Gasteiger partial charge on any atom is 0.148 e. The summed E-state index contributed by atoms with van der Waals surface area (Å²) in [5.41, 5.74) is 3.55. The van der Waals surface area contributed by atoms with E-state index in [0.717, 1.165) is 43.7 Å². The summed E-state index contributed by atoms with van der Waals surface area (Å²) >= 11 is 0. The molecule has 0 spiro atoms. The SMILES string of the molecule is CCC1(CC)CC(Nc2ncnc(NN)c2C)CCO1. The molecule has 0 amide bonds. The Morgan fingerprint density at radius 2 is 2.05 bits per heavy atom. The Labute approximate surface area is 120 Å².